The molecule has 1 unspecified atom stereocenters. The van der Waals surface area contributed by atoms with Gasteiger partial charge in [-0.2, -0.15) is 4.98 Å². The van der Waals surface area contributed by atoms with E-state index in [1.807, 2.05) is 24.3 Å². The van der Waals surface area contributed by atoms with Crippen LogP contribution in [0.2, 0.25) is 0 Å². The minimum Gasteiger partial charge on any atom is -0.497 e. The second-order valence-electron chi connectivity index (χ2n) is 6.60. The minimum atomic E-state index is 0.349. The summed E-state index contributed by atoms with van der Waals surface area (Å²) < 4.78 is 16.1. The lowest BCUT2D eigenvalue weighted by Crippen LogP contribution is -2.28. The number of nitrogens with zero attached hydrogens (tertiary/aromatic N) is 3. The Kier molecular flexibility index (Phi) is 5.02. The number of ether oxygens (including phenoxy) is 1. The molecular formula is C20H23N3O3. The minimum absolute atomic E-state index is 0.349. The van der Waals surface area contributed by atoms with Gasteiger partial charge in [0.2, 0.25) is 11.7 Å². The molecule has 1 aromatic carbocycles. The van der Waals surface area contributed by atoms with E-state index in [0.717, 1.165) is 18.7 Å². The van der Waals surface area contributed by atoms with E-state index < -0.39 is 0 Å². The van der Waals surface area contributed by atoms with Crippen molar-refractivity contribution in [3.63, 3.8) is 0 Å². The van der Waals surface area contributed by atoms with Gasteiger partial charge in [0.25, 0.3) is 0 Å². The molecule has 6 nitrogen and oxygen atoms in total. The third-order valence-corrected chi connectivity index (χ3v) is 4.91. The summed E-state index contributed by atoms with van der Waals surface area (Å²) in [5, 5.41) is 4.04. The third-order valence-electron chi connectivity index (χ3n) is 4.91. The Bertz CT molecular complexity index is 811. The molecule has 1 fully saturated rings. The molecule has 0 spiro atoms. The van der Waals surface area contributed by atoms with Gasteiger partial charge in [-0.3, -0.25) is 4.90 Å². The van der Waals surface area contributed by atoms with Crippen LogP contribution in [-0.2, 0) is 6.54 Å². The van der Waals surface area contributed by atoms with Crippen molar-refractivity contribution < 1.29 is 13.7 Å². The second-order valence-corrected chi connectivity index (χ2v) is 6.60. The van der Waals surface area contributed by atoms with Gasteiger partial charge in [0.15, 0.2) is 5.76 Å². The molecule has 6 heteroatoms. The molecular weight excluding hydrogens is 330 g/mol. The standard InChI is InChI=1S/C20H23N3O3/c1-24-16-10-8-15(9-11-16)17-6-3-2-4-12-23(17)14-19-21-20(22-26-19)18-7-5-13-25-18/h5,7-11,13,17H,2-4,6,12,14H2,1H3. The van der Waals surface area contributed by atoms with Crippen molar-refractivity contribution in [2.75, 3.05) is 13.7 Å². The molecule has 3 aromatic rings. The van der Waals surface area contributed by atoms with Crippen LogP contribution in [0, 0.1) is 0 Å². The maximum Gasteiger partial charge on any atom is 0.241 e. The van der Waals surface area contributed by atoms with E-state index in [9.17, 15) is 0 Å². The fourth-order valence-corrected chi connectivity index (χ4v) is 3.56. The Morgan fingerprint density at radius 3 is 2.81 bits per heavy atom. The van der Waals surface area contributed by atoms with E-state index >= 15 is 0 Å². The van der Waals surface area contributed by atoms with E-state index in [-0.39, 0.29) is 0 Å². The van der Waals surface area contributed by atoms with Gasteiger partial charge in [-0.05, 0) is 49.2 Å². The molecule has 1 aliphatic heterocycles. The van der Waals surface area contributed by atoms with Crippen molar-refractivity contribution in [3.8, 4) is 17.3 Å². The largest absolute Gasteiger partial charge is 0.497 e. The highest BCUT2D eigenvalue weighted by molar-refractivity contribution is 5.44. The lowest BCUT2D eigenvalue weighted by Gasteiger charge is -2.29. The van der Waals surface area contributed by atoms with Crippen LogP contribution >= 0.6 is 0 Å². The van der Waals surface area contributed by atoms with Gasteiger partial charge in [0.1, 0.15) is 5.75 Å². The van der Waals surface area contributed by atoms with Crippen LogP contribution in [0.25, 0.3) is 11.6 Å². The van der Waals surface area contributed by atoms with Gasteiger partial charge < -0.3 is 13.7 Å². The van der Waals surface area contributed by atoms with Crippen LogP contribution in [0.3, 0.4) is 0 Å². The first-order chi connectivity index (χ1) is 12.8. The molecule has 1 atom stereocenters. The lowest BCUT2D eigenvalue weighted by atomic mass is 10.0. The SMILES string of the molecule is COc1ccc(C2CCCCCN2Cc2nc(-c3ccco3)no2)cc1. The molecule has 136 valence electrons. The van der Waals surface area contributed by atoms with Crippen LogP contribution in [-0.4, -0.2) is 28.7 Å². The highest BCUT2D eigenvalue weighted by atomic mass is 16.5. The second kappa shape index (κ2) is 7.74. The predicted octanol–water partition coefficient (Wildman–Crippen LogP) is 4.46. The molecule has 3 heterocycles. The van der Waals surface area contributed by atoms with Crippen molar-refractivity contribution in [3.05, 3.63) is 54.1 Å². The van der Waals surface area contributed by atoms with Gasteiger partial charge in [0, 0.05) is 6.04 Å². The summed E-state index contributed by atoms with van der Waals surface area (Å²) in [6.07, 6.45) is 6.41. The molecule has 2 aromatic heterocycles. The molecule has 26 heavy (non-hydrogen) atoms. The molecule has 1 saturated heterocycles. The Morgan fingerprint density at radius 1 is 1.15 bits per heavy atom. The summed E-state index contributed by atoms with van der Waals surface area (Å²) in [4.78, 5) is 6.94. The summed E-state index contributed by atoms with van der Waals surface area (Å²) >= 11 is 0. The van der Waals surface area contributed by atoms with Gasteiger partial charge >= 0.3 is 0 Å². The van der Waals surface area contributed by atoms with Crippen LogP contribution in [0.1, 0.15) is 43.2 Å². The molecule has 4 rings (SSSR count). The van der Waals surface area contributed by atoms with Crippen LogP contribution in [0.4, 0.5) is 0 Å². The Labute approximate surface area is 152 Å². The number of aromatic nitrogens is 2. The predicted molar refractivity (Wildman–Crippen MR) is 96.6 cm³/mol. The maximum atomic E-state index is 5.47. The van der Waals surface area contributed by atoms with Crippen LogP contribution in [0.5, 0.6) is 5.75 Å². The normalized spacial score (nSPS) is 18.6. The lowest BCUT2D eigenvalue weighted by molar-refractivity contribution is 0.168. The van der Waals surface area contributed by atoms with Crippen molar-refractivity contribution in [1.29, 1.82) is 0 Å². The number of rotatable bonds is 5. The fourth-order valence-electron chi connectivity index (χ4n) is 3.56. The van der Waals surface area contributed by atoms with Crippen molar-refractivity contribution in [1.82, 2.24) is 15.0 Å². The highest BCUT2D eigenvalue weighted by Gasteiger charge is 2.25. The zero-order valence-electron chi connectivity index (χ0n) is 14.9. The number of hydrogen-bond donors (Lipinski definition) is 0. The van der Waals surface area contributed by atoms with Crippen LogP contribution < -0.4 is 4.74 Å². The summed E-state index contributed by atoms with van der Waals surface area (Å²) in [5.74, 6) is 2.63. The van der Waals surface area contributed by atoms with E-state index in [2.05, 4.69) is 27.2 Å². The number of hydrogen-bond acceptors (Lipinski definition) is 6. The molecule has 1 aliphatic rings. The van der Waals surface area contributed by atoms with E-state index in [1.54, 1.807) is 13.4 Å². The highest BCUT2D eigenvalue weighted by Crippen LogP contribution is 2.32. The number of furan rings is 1. The number of benzene rings is 1. The molecule has 0 radical (unpaired) electrons. The third kappa shape index (κ3) is 3.65. The number of methoxy groups -OCH3 is 1. The van der Waals surface area contributed by atoms with Gasteiger partial charge in [-0.25, -0.2) is 0 Å². The summed E-state index contributed by atoms with van der Waals surface area (Å²) in [6, 6.07) is 12.4. The Morgan fingerprint density at radius 2 is 2.04 bits per heavy atom. The maximum absolute atomic E-state index is 5.47. The van der Waals surface area contributed by atoms with E-state index in [0.29, 0.717) is 30.1 Å². The summed E-state index contributed by atoms with van der Waals surface area (Å²) in [7, 11) is 1.69. The molecule has 0 bridgehead atoms. The topological polar surface area (TPSA) is 64.5 Å². The average Bonchev–Trinajstić information content (AvgIpc) is 3.31. The molecule has 0 amide bonds. The van der Waals surface area contributed by atoms with Gasteiger partial charge in [0.05, 0.1) is 19.9 Å². The zero-order chi connectivity index (χ0) is 17.8. The first kappa shape index (κ1) is 16.8. The fraction of sp³-hybridized carbons (Fsp3) is 0.400. The first-order valence-corrected chi connectivity index (χ1v) is 9.08. The Balaban J connectivity index is 1.53. The van der Waals surface area contributed by atoms with Crippen molar-refractivity contribution >= 4 is 0 Å². The zero-order valence-corrected chi connectivity index (χ0v) is 14.9. The summed E-state index contributed by atoms with van der Waals surface area (Å²) in [6.45, 7) is 1.67. The smallest absolute Gasteiger partial charge is 0.241 e. The van der Waals surface area contributed by atoms with Crippen molar-refractivity contribution in [2.24, 2.45) is 0 Å². The van der Waals surface area contributed by atoms with E-state index in [1.165, 1.54) is 24.8 Å². The molecule has 0 N–H and O–H groups in total. The average molecular weight is 353 g/mol. The van der Waals surface area contributed by atoms with Crippen molar-refractivity contribution in [2.45, 2.75) is 38.3 Å². The monoisotopic (exact) mass is 353 g/mol. The van der Waals surface area contributed by atoms with Gasteiger partial charge in [-0.15, -0.1) is 0 Å². The molecule has 0 aliphatic carbocycles. The van der Waals surface area contributed by atoms with E-state index in [4.69, 9.17) is 13.7 Å². The quantitative estimate of drug-likeness (QED) is 0.675. The number of likely N-dealkylation sites (tertiary alicyclic amines) is 1. The van der Waals surface area contributed by atoms with Crippen LogP contribution in [0.15, 0.2) is 51.6 Å². The summed E-state index contributed by atoms with van der Waals surface area (Å²) in [5.41, 5.74) is 1.30. The Hall–Kier alpha value is -2.60. The molecule has 0 saturated carbocycles. The first-order valence-electron chi connectivity index (χ1n) is 9.08. The van der Waals surface area contributed by atoms with Gasteiger partial charge in [-0.1, -0.05) is 30.1 Å².